The minimum atomic E-state index is -0.191. The van der Waals surface area contributed by atoms with Crippen molar-refractivity contribution < 1.29 is 0 Å². The fourth-order valence-electron chi connectivity index (χ4n) is 7.55. The lowest BCUT2D eigenvalue weighted by atomic mass is 9.77. The van der Waals surface area contributed by atoms with Crippen LogP contribution in [0.5, 0.6) is 0 Å². The van der Waals surface area contributed by atoms with Crippen molar-refractivity contribution in [1.29, 1.82) is 0 Å². The first kappa shape index (κ1) is 30.3. The molecule has 0 spiro atoms. The van der Waals surface area contributed by atoms with Crippen molar-refractivity contribution in [1.82, 2.24) is 0 Å². The molecule has 2 aliphatic carbocycles. The molecule has 0 saturated carbocycles. The molecule has 0 fully saturated rings. The second-order valence-corrected chi connectivity index (χ2v) is 13.0. The number of fused-ring (bicyclic) bond motifs is 4. The van der Waals surface area contributed by atoms with Crippen molar-refractivity contribution in [2.75, 3.05) is 9.80 Å². The predicted octanol–water partition coefficient (Wildman–Crippen LogP) is 12.4. The van der Waals surface area contributed by atoms with Gasteiger partial charge >= 0.3 is 0 Å². The fourth-order valence-corrected chi connectivity index (χ4v) is 7.55. The Morgan fingerprint density at radius 1 is 0.766 bits per heavy atom. The lowest BCUT2D eigenvalue weighted by molar-refractivity contribution is 0.627. The number of hydrogen-bond acceptors (Lipinski definition) is 2. The summed E-state index contributed by atoms with van der Waals surface area (Å²) in [6.45, 7) is 13.3. The summed E-state index contributed by atoms with van der Waals surface area (Å²) in [6.07, 6.45) is 11.7. The highest BCUT2D eigenvalue weighted by Crippen LogP contribution is 2.56. The Hall–Kier alpha value is -5.34. The summed E-state index contributed by atoms with van der Waals surface area (Å²) in [5, 5.41) is 2.57. The molecule has 0 unspecified atom stereocenters. The zero-order valence-corrected chi connectivity index (χ0v) is 27.8. The Balaban J connectivity index is 1.45. The summed E-state index contributed by atoms with van der Waals surface area (Å²) in [7, 11) is 0. The van der Waals surface area contributed by atoms with Gasteiger partial charge in [-0.15, -0.1) is 0 Å². The van der Waals surface area contributed by atoms with Crippen LogP contribution in [0.3, 0.4) is 0 Å². The third-order valence-corrected chi connectivity index (χ3v) is 9.80. The van der Waals surface area contributed by atoms with E-state index in [-0.39, 0.29) is 5.41 Å². The smallest absolute Gasteiger partial charge is 0.0543 e. The molecule has 5 aromatic rings. The van der Waals surface area contributed by atoms with Crippen LogP contribution in [0, 0.1) is 5.92 Å². The molecule has 2 heteroatoms. The van der Waals surface area contributed by atoms with Crippen molar-refractivity contribution in [3.63, 3.8) is 0 Å². The summed E-state index contributed by atoms with van der Waals surface area (Å²) >= 11 is 0. The Labute approximate surface area is 280 Å². The molecule has 0 aliphatic heterocycles. The Morgan fingerprint density at radius 3 is 1.89 bits per heavy atom. The Bertz CT molecular complexity index is 2020. The molecule has 0 radical (unpaired) electrons. The minimum absolute atomic E-state index is 0.191. The van der Waals surface area contributed by atoms with Crippen LogP contribution in [0.4, 0.5) is 22.7 Å². The van der Waals surface area contributed by atoms with Crippen LogP contribution in [-0.4, -0.2) is 0 Å². The molecule has 0 heterocycles. The maximum Gasteiger partial charge on any atom is 0.0543 e. The highest BCUT2D eigenvalue weighted by Gasteiger charge is 2.42. The van der Waals surface area contributed by atoms with E-state index in [0.717, 1.165) is 17.8 Å². The monoisotopic (exact) mass is 610 g/mol. The summed E-state index contributed by atoms with van der Waals surface area (Å²) in [5.74, 6) is 0.328. The zero-order valence-electron chi connectivity index (χ0n) is 27.8. The highest BCUT2D eigenvalue weighted by molar-refractivity contribution is 6.07. The molecule has 5 aromatic carbocycles. The van der Waals surface area contributed by atoms with Crippen molar-refractivity contribution in [2.45, 2.75) is 39.5 Å². The molecule has 2 aliphatic rings. The van der Waals surface area contributed by atoms with Crippen LogP contribution in [0.25, 0.3) is 16.3 Å². The van der Waals surface area contributed by atoms with Gasteiger partial charge in [-0.1, -0.05) is 124 Å². The quantitative estimate of drug-likeness (QED) is 0.161. The van der Waals surface area contributed by atoms with E-state index in [1.165, 1.54) is 55.8 Å². The lowest BCUT2D eigenvalue weighted by Gasteiger charge is -2.36. The predicted molar refractivity (Wildman–Crippen MR) is 202 cm³/mol. The summed E-state index contributed by atoms with van der Waals surface area (Å²) in [4.78, 5) is 4.85. The van der Waals surface area contributed by atoms with Crippen LogP contribution in [-0.2, 0) is 5.41 Å². The first-order valence-electron chi connectivity index (χ1n) is 16.7. The summed E-state index contributed by atoms with van der Waals surface area (Å²) in [5.41, 5.74) is 12.6. The molecule has 2 nitrogen and oxygen atoms in total. The Morgan fingerprint density at radius 2 is 1.32 bits per heavy atom. The van der Waals surface area contributed by atoms with Crippen molar-refractivity contribution in [2.24, 2.45) is 5.92 Å². The third kappa shape index (κ3) is 5.24. The summed E-state index contributed by atoms with van der Waals surface area (Å²) < 4.78 is 0. The van der Waals surface area contributed by atoms with Gasteiger partial charge in [-0.25, -0.2) is 0 Å². The van der Waals surface area contributed by atoms with Crippen LogP contribution in [0.2, 0.25) is 0 Å². The number of rotatable bonds is 8. The van der Waals surface area contributed by atoms with Gasteiger partial charge in [0.2, 0.25) is 0 Å². The van der Waals surface area contributed by atoms with Gasteiger partial charge < -0.3 is 9.80 Å². The molecule has 0 amide bonds. The van der Waals surface area contributed by atoms with E-state index in [1.54, 1.807) is 0 Å². The molecular weight excluding hydrogens is 569 g/mol. The maximum absolute atomic E-state index is 3.95. The van der Waals surface area contributed by atoms with Gasteiger partial charge in [-0.2, -0.15) is 0 Å². The van der Waals surface area contributed by atoms with Crippen LogP contribution in [0.1, 0.15) is 45.2 Å². The SMILES string of the molecule is C=C/C=C\C(=C/C)N(c1ccccc1)c1cc2c(c3ccccc13)C1=C(C=C(N(c3ccccc3)c3ccccc3)[C@@H](C)C1)C2(C)C. The van der Waals surface area contributed by atoms with Gasteiger partial charge in [-0.05, 0) is 95.6 Å². The van der Waals surface area contributed by atoms with E-state index < -0.39 is 0 Å². The molecule has 232 valence electrons. The summed E-state index contributed by atoms with van der Waals surface area (Å²) in [6, 6.07) is 43.8. The first-order chi connectivity index (χ1) is 22.9. The highest BCUT2D eigenvalue weighted by atomic mass is 15.2. The second kappa shape index (κ2) is 12.5. The van der Waals surface area contributed by atoms with Crippen molar-refractivity contribution >= 4 is 39.1 Å². The van der Waals surface area contributed by atoms with E-state index in [2.05, 4.69) is 184 Å². The maximum atomic E-state index is 3.95. The number of nitrogens with zero attached hydrogens (tertiary/aromatic N) is 2. The Kier molecular flexibility index (Phi) is 8.03. The first-order valence-corrected chi connectivity index (χ1v) is 16.7. The van der Waals surface area contributed by atoms with E-state index >= 15 is 0 Å². The second-order valence-electron chi connectivity index (χ2n) is 13.0. The molecule has 0 N–H and O–H groups in total. The van der Waals surface area contributed by atoms with Gasteiger partial charge in [-0.3, -0.25) is 0 Å². The van der Waals surface area contributed by atoms with Gasteiger partial charge in [0, 0.05) is 45.2 Å². The van der Waals surface area contributed by atoms with Crippen LogP contribution in [0.15, 0.2) is 175 Å². The number of benzene rings is 5. The average Bonchev–Trinajstić information content (AvgIpc) is 3.33. The minimum Gasteiger partial charge on any atom is -0.314 e. The fraction of sp³-hybridized carbons (Fsp3) is 0.156. The van der Waals surface area contributed by atoms with Gasteiger partial charge in [0.1, 0.15) is 0 Å². The standard InChI is InChI=1S/C45H42N2/c1-6-8-20-33(7-2)46(34-21-12-9-13-22-34)43-31-41-44(38-28-19-18-27-37(38)43)39-29-32(3)42(30-40(39)45(41,4)5)47(35-23-14-10-15-24-35)36-25-16-11-17-26-36/h6-28,30-32H,1,29H2,2-5H3/b20-8-,33-7+/t32-/m0/s1. The molecule has 0 saturated heterocycles. The molecule has 47 heavy (non-hydrogen) atoms. The molecule has 1 atom stereocenters. The van der Waals surface area contributed by atoms with Crippen LogP contribution >= 0.6 is 0 Å². The van der Waals surface area contributed by atoms with Gasteiger partial charge in [0.15, 0.2) is 0 Å². The molecule has 0 bridgehead atoms. The lowest BCUT2D eigenvalue weighted by Crippen LogP contribution is -2.26. The molecule has 7 rings (SSSR count). The van der Waals surface area contributed by atoms with Crippen LogP contribution < -0.4 is 9.80 Å². The number of hydrogen-bond donors (Lipinski definition) is 0. The van der Waals surface area contributed by atoms with Gasteiger partial charge in [0.05, 0.1) is 5.69 Å². The topological polar surface area (TPSA) is 6.48 Å². The van der Waals surface area contributed by atoms with E-state index in [9.17, 15) is 0 Å². The van der Waals surface area contributed by atoms with E-state index in [0.29, 0.717) is 5.92 Å². The third-order valence-electron chi connectivity index (χ3n) is 9.80. The van der Waals surface area contributed by atoms with Gasteiger partial charge in [0.25, 0.3) is 0 Å². The zero-order chi connectivity index (χ0) is 32.5. The van der Waals surface area contributed by atoms with Crippen molar-refractivity contribution in [3.8, 4) is 0 Å². The largest absolute Gasteiger partial charge is 0.314 e. The number of allylic oxidation sites excluding steroid dienone is 8. The molecular formula is C45H42N2. The number of para-hydroxylation sites is 3. The van der Waals surface area contributed by atoms with E-state index in [4.69, 9.17) is 0 Å². The van der Waals surface area contributed by atoms with E-state index in [1.807, 2.05) is 12.2 Å². The molecule has 0 aromatic heterocycles. The number of anilines is 4. The van der Waals surface area contributed by atoms with Crippen molar-refractivity contribution in [3.05, 3.63) is 186 Å². The average molecular weight is 611 g/mol. The normalized spacial score (nSPS) is 17.0.